The van der Waals surface area contributed by atoms with Crippen molar-refractivity contribution in [3.8, 4) is 0 Å². The predicted molar refractivity (Wildman–Crippen MR) is 122 cm³/mol. The fraction of sp³-hybridized carbons (Fsp3) is 0.429. The van der Waals surface area contributed by atoms with Crippen molar-refractivity contribution in [2.45, 2.75) is 43.6 Å². The van der Waals surface area contributed by atoms with Crippen molar-refractivity contribution >= 4 is 41.0 Å². The molecule has 4 rings (SSSR count). The molecule has 3 aromatic rings. The molecule has 1 atom stereocenters. The van der Waals surface area contributed by atoms with Gasteiger partial charge in [-0.1, -0.05) is 30.3 Å². The maximum absolute atomic E-state index is 12.7. The molecule has 1 saturated heterocycles. The Hall–Kier alpha value is -2.52. The number of amides is 1. The average molecular weight is 461 g/mol. The molecule has 0 aliphatic carbocycles. The molecule has 1 aliphatic heterocycles. The first kappa shape index (κ1) is 21.7. The number of rotatable bonds is 7. The predicted octanol–water partition coefficient (Wildman–Crippen LogP) is 4.32. The van der Waals surface area contributed by atoms with Gasteiger partial charge in [0, 0.05) is 19.3 Å². The Kier molecular flexibility index (Phi) is 6.82. The van der Waals surface area contributed by atoms with Crippen molar-refractivity contribution in [2.75, 3.05) is 23.3 Å². The molecule has 3 aromatic heterocycles. The Balaban J connectivity index is 1.51. The lowest BCUT2D eigenvalue weighted by atomic mass is 10.00. The minimum Gasteiger partial charge on any atom is -0.467 e. The van der Waals surface area contributed by atoms with E-state index in [1.165, 1.54) is 18.0 Å². The molecule has 10 heteroatoms. The number of carbonyl (C=O) groups excluding carboxylic acids is 1. The van der Waals surface area contributed by atoms with E-state index in [9.17, 15) is 4.79 Å². The van der Waals surface area contributed by atoms with Crippen LogP contribution in [0.5, 0.6) is 0 Å². The highest BCUT2D eigenvalue weighted by molar-refractivity contribution is 8.00. The number of nitrogens with one attached hydrogen (secondary N) is 1. The van der Waals surface area contributed by atoms with Gasteiger partial charge in [0.1, 0.15) is 11.6 Å². The lowest BCUT2D eigenvalue weighted by Crippen LogP contribution is -2.35. The third-order valence-electron chi connectivity index (χ3n) is 5.29. The Labute approximate surface area is 190 Å². The van der Waals surface area contributed by atoms with Gasteiger partial charge in [0.05, 0.1) is 23.1 Å². The first-order valence-electron chi connectivity index (χ1n) is 10.3. The number of anilines is 2. The topological polar surface area (TPSA) is 89.1 Å². The van der Waals surface area contributed by atoms with E-state index in [2.05, 4.69) is 32.3 Å². The van der Waals surface area contributed by atoms with Gasteiger partial charge in [-0.3, -0.25) is 9.36 Å². The summed E-state index contributed by atoms with van der Waals surface area (Å²) in [7, 11) is 0. The van der Waals surface area contributed by atoms with E-state index < -0.39 is 5.25 Å². The number of nitrogens with zero attached hydrogens (tertiary/aromatic N) is 5. The van der Waals surface area contributed by atoms with Crippen molar-refractivity contribution in [1.82, 2.24) is 19.7 Å². The maximum Gasteiger partial charge on any atom is 0.238 e. The van der Waals surface area contributed by atoms with E-state index in [0.29, 0.717) is 22.5 Å². The summed E-state index contributed by atoms with van der Waals surface area (Å²) in [6.07, 6.45) is 5.41. The zero-order valence-electron chi connectivity index (χ0n) is 17.5. The van der Waals surface area contributed by atoms with Crippen molar-refractivity contribution in [2.24, 2.45) is 5.92 Å². The van der Waals surface area contributed by atoms with Gasteiger partial charge in [-0.2, -0.15) is 0 Å². The lowest BCUT2D eigenvalue weighted by Gasteiger charge is -2.31. The smallest absolute Gasteiger partial charge is 0.238 e. The van der Waals surface area contributed by atoms with E-state index in [1.807, 2.05) is 23.6 Å². The molecule has 0 aromatic carbocycles. The summed E-state index contributed by atoms with van der Waals surface area (Å²) >= 11 is 7.22. The third kappa shape index (κ3) is 5.40. The molecule has 1 amide bonds. The second kappa shape index (κ2) is 9.74. The Morgan fingerprint density at radius 2 is 2.13 bits per heavy atom. The highest BCUT2D eigenvalue weighted by atomic mass is 35.5. The number of halogens is 1. The summed E-state index contributed by atoms with van der Waals surface area (Å²) in [6, 6.07) is 7.16. The number of aromatic nitrogens is 4. The molecular formula is C21H25ClN6O2S. The molecule has 0 spiro atoms. The van der Waals surface area contributed by atoms with Gasteiger partial charge < -0.3 is 14.6 Å². The number of pyridine rings is 1. The van der Waals surface area contributed by atoms with Gasteiger partial charge in [0.15, 0.2) is 5.16 Å². The molecule has 8 nitrogen and oxygen atoms in total. The largest absolute Gasteiger partial charge is 0.467 e. The Bertz CT molecular complexity index is 1000. The van der Waals surface area contributed by atoms with Gasteiger partial charge in [-0.25, -0.2) is 4.98 Å². The molecule has 164 valence electrons. The minimum atomic E-state index is -0.397. The number of piperidine rings is 1. The van der Waals surface area contributed by atoms with Crippen LogP contribution in [0.3, 0.4) is 0 Å². The highest BCUT2D eigenvalue weighted by Crippen LogP contribution is 2.29. The van der Waals surface area contributed by atoms with Crippen LogP contribution < -0.4 is 10.2 Å². The first-order valence-corrected chi connectivity index (χ1v) is 11.5. The fourth-order valence-corrected chi connectivity index (χ4v) is 4.35. The zero-order valence-corrected chi connectivity index (χ0v) is 19.1. The van der Waals surface area contributed by atoms with Crippen molar-refractivity contribution < 1.29 is 9.21 Å². The fourth-order valence-electron chi connectivity index (χ4n) is 3.40. The van der Waals surface area contributed by atoms with E-state index in [-0.39, 0.29) is 5.91 Å². The van der Waals surface area contributed by atoms with Crippen LogP contribution in [0.1, 0.15) is 32.4 Å². The maximum atomic E-state index is 12.7. The molecule has 31 heavy (non-hydrogen) atoms. The van der Waals surface area contributed by atoms with Gasteiger partial charge in [-0.05, 0) is 49.9 Å². The Morgan fingerprint density at radius 1 is 1.32 bits per heavy atom. The summed E-state index contributed by atoms with van der Waals surface area (Å²) < 4.78 is 7.59. The van der Waals surface area contributed by atoms with E-state index in [1.54, 1.807) is 18.4 Å². The summed E-state index contributed by atoms with van der Waals surface area (Å²) in [4.78, 5) is 19.1. The molecule has 4 heterocycles. The summed E-state index contributed by atoms with van der Waals surface area (Å²) in [6.45, 7) is 6.52. The first-order chi connectivity index (χ1) is 15.0. The quantitative estimate of drug-likeness (QED) is 0.525. The van der Waals surface area contributed by atoms with Crippen LogP contribution in [0.4, 0.5) is 11.8 Å². The molecule has 1 N–H and O–H groups in total. The van der Waals surface area contributed by atoms with E-state index in [0.717, 1.165) is 43.6 Å². The van der Waals surface area contributed by atoms with Crippen LogP contribution in [0.2, 0.25) is 5.02 Å². The van der Waals surface area contributed by atoms with Crippen molar-refractivity contribution in [1.29, 1.82) is 0 Å². The molecule has 1 aliphatic rings. The summed E-state index contributed by atoms with van der Waals surface area (Å²) in [5.41, 5.74) is 0. The number of carbonyl (C=O) groups is 1. The van der Waals surface area contributed by atoms with Crippen LogP contribution in [-0.4, -0.2) is 44.0 Å². The van der Waals surface area contributed by atoms with Crippen LogP contribution in [0, 0.1) is 5.92 Å². The number of hydrogen-bond acceptors (Lipinski definition) is 7. The van der Waals surface area contributed by atoms with Crippen LogP contribution in [-0.2, 0) is 11.3 Å². The second-order valence-corrected chi connectivity index (χ2v) is 9.47. The minimum absolute atomic E-state index is 0.166. The summed E-state index contributed by atoms with van der Waals surface area (Å²) in [5.74, 6) is 2.65. The van der Waals surface area contributed by atoms with Crippen LogP contribution >= 0.6 is 23.4 Å². The van der Waals surface area contributed by atoms with Crippen LogP contribution in [0.15, 0.2) is 46.3 Å². The number of hydrogen-bond donors (Lipinski definition) is 1. The average Bonchev–Trinajstić information content (AvgIpc) is 3.41. The number of furan rings is 1. The molecule has 1 unspecified atom stereocenters. The monoisotopic (exact) mass is 460 g/mol. The van der Waals surface area contributed by atoms with E-state index in [4.69, 9.17) is 16.0 Å². The normalized spacial score (nSPS) is 15.8. The summed E-state index contributed by atoms with van der Waals surface area (Å²) in [5, 5.41) is 12.5. The highest BCUT2D eigenvalue weighted by Gasteiger charge is 2.25. The van der Waals surface area contributed by atoms with Gasteiger partial charge in [0.25, 0.3) is 0 Å². The third-order valence-corrected chi connectivity index (χ3v) is 6.59. The van der Waals surface area contributed by atoms with Gasteiger partial charge in [0.2, 0.25) is 11.9 Å². The SMILES string of the molecule is CC1CCN(c2nnc(SC(C)C(=O)Nc3ccc(Cl)cn3)n2Cc2ccco2)CC1. The zero-order chi connectivity index (χ0) is 21.8. The Morgan fingerprint density at radius 3 is 2.81 bits per heavy atom. The molecule has 0 saturated carbocycles. The molecule has 0 radical (unpaired) electrons. The van der Waals surface area contributed by atoms with Gasteiger partial charge >= 0.3 is 0 Å². The molecule has 0 bridgehead atoms. The van der Waals surface area contributed by atoms with Crippen molar-refractivity contribution in [3.63, 3.8) is 0 Å². The number of thioether (sulfide) groups is 1. The van der Waals surface area contributed by atoms with Gasteiger partial charge in [-0.15, -0.1) is 10.2 Å². The van der Waals surface area contributed by atoms with Crippen LogP contribution in [0.25, 0.3) is 0 Å². The van der Waals surface area contributed by atoms with Crippen molar-refractivity contribution in [3.05, 3.63) is 47.5 Å². The second-order valence-electron chi connectivity index (χ2n) is 7.73. The molecule has 1 fully saturated rings. The van der Waals surface area contributed by atoms with E-state index >= 15 is 0 Å². The lowest BCUT2D eigenvalue weighted by molar-refractivity contribution is -0.115. The standard InChI is InChI=1S/C21H25ClN6O2S/c1-14-7-9-27(10-8-14)20-25-26-21(28(20)13-17-4-3-11-30-17)31-15(2)19(29)24-18-6-5-16(22)12-23-18/h3-6,11-12,14-15H,7-10,13H2,1-2H3,(H,23,24,29). The molecular weight excluding hydrogens is 436 g/mol.